The molecule has 192 valence electrons. The molecule has 0 aromatic heterocycles. The van der Waals surface area contributed by atoms with Gasteiger partial charge in [-0.3, -0.25) is 27.3 Å². The lowest BCUT2D eigenvalue weighted by Gasteiger charge is -2.49. The summed E-state index contributed by atoms with van der Waals surface area (Å²) in [4.78, 5) is 29.2. The molecular weight excluding hydrogens is 501 g/mol. The van der Waals surface area contributed by atoms with Crippen LogP contribution in [0.2, 0.25) is 0 Å². The van der Waals surface area contributed by atoms with Crippen LogP contribution < -0.4 is 0 Å². The predicted octanol–water partition coefficient (Wildman–Crippen LogP) is -0.528. The third-order valence-electron chi connectivity index (χ3n) is 4.22. The molecule has 1 aliphatic heterocycles. The summed E-state index contributed by atoms with van der Waals surface area (Å²) in [5, 5.41) is 38.0. The Morgan fingerprint density at radius 1 is 0.875 bits per heavy atom. The van der Waals surface area contributed by atoms with Gasteiger partial charge < -0.3 is 44.6 Å². The molecule has 7 N–H and O–H groups in total. The highest BCUT2D eigenvalue weighted by molar-refractivity contribution is 7.53. The fraction of sp³-hybridized carbons (Fsp3) is 1.00. The van der Waals surface area contributed by atoms with Crippen molar-refractivity contribution in [2.24, 2.45) is 0 Å². The molecule has 1 aliphatic rings. The number of ether oxygens (including phenoxy) is 2. The summed E-state index contributed by atoms with van der Waals surface area (Å²) in [6.45, 7) is 2.63. The van der Waals surface area contributed by atoms with Gasteiger partial charge in [-0.05, 0) is 13.3 Å². The molecule has 0 saturated carbocycles. The zero-order chi connectivity index (χ0) is 24.8. The summed E-state index contributed by atoms with van der Waals surface area (Å²) < 4.78 is 61.6. The molecule has 0 aromatic rings. The van der Waals surface area contributed by atoms with Crippen molar-refractivity contribution < 1.29 is 71.8 Å². The molecule has 3 unspecified atom stereocenters. The van der Waals surface area contributed by atoms with Crippen LogP contribution in [0.3, 0.4) is 0 Å². The maximum atomic E-state index is 12.1. The van der Waals surface area contributed by atoms with Crippen LogP contribution in [0.15, 0.2) is 0 Å². The van der Waals surface area contributed by atoms with E-state index in [1.165, 1.54) is 0 Å². The minimum Gasteiger partial charge on any atom is -0.384 e. The van der Waals surface area contributed by atoms with Gasteiger partial charge in [0.15, 0.2) is 5.79 Å². The molecule has 1 fully saturated rings. The fourth-order valence-corrected chi connectivity index (χ4v) is 4.88. The van der Waals surface area contributed by atoms with E-state index in [4.69, 9.17) is 38.4 Å². The number of unbranched alkanes of at least 4 members (excludes halogenated alkanes) is 1. The van der Waals surface area contributed by atoms with E-state index in [0.717, 1.165) is 13.3 Å². The molecule has 0 bridgehead atoms. The Kier molecular flexibility index (Phi) is 11.6. The van der Waals surface area contributed by atoms with Crippen molar-refractivity contribution >= 4 is 22.8 Å². The molecule has 1 rings (SSSR count). The van der Waals surface area contributed by atoms with Gasteiger partial charge in [0.1, 0.15) is 43.5 Å². The molecule has 32 heavy (non-hydrogen) atoms. The minimum atomic E-state index is -4.86. The predicted molar refractivity (Wildman–Crippen MR) is 107 cm³/mol. The second kappa shape index (κ2) is 12.3. The highest BCUT2D eigenvalue weighted by Gasteiger charge is 2.58. The highest BCUT2D eigenvalue weighted by atomic mass is 31.2. The first-order chi connectivity index (χ1) is 14.6. The molecule has 18 heteroatoms. The van der Waals surface area contributed by atoms with Crippen molar-refractivity contribution in [3.63, 3.8) is 0 Å². The molecule has 0 spiro atoms. The van der Waals surface area contributed by atoms with Crippen molar-refractivity contribution in [3.8, 4) is 0 Å². The molecule has 0 radical (unpaired) electrons. The van der Waals surface area contributed by atoms with E-state index in [2.05, 4.69) is 0 Å². The van der Waals surface area contributed by atoms with Gasteiger partial charge in [-0.15, -0.1) is 0 Å². The van der Waals surface area contributed by atoms with Gasteiger partial charge >= 0.3 is 22.8 Å². The van der Waals surface area contributed by atoms with E-state index in [1.54, 1.807) is 0 Å². The Morgan fingerprint density at radius 2 is 1.34 bits per heavy atom. The summed E-state index contributed by atoms with van der Waals surface area (Å²) in [6, 6.07) is 0. The smallest absolute Gasteiger partial charge is 0.353 e. The summed E-state index contributed by atoms with van der Waals surface area (Å²) in [5.74, 6) is -2.54. The van der Waals surface area contributed by atoms with Gasteiger partial charge in [0.05, 0.1) is 6.61 Å². The van der Waals surface area contributed by atoms with Crippen LogP contribution in [0.5, 0.6) is 0 Å². The Balaban J connectivity index is 3.45. The largest absolute Gasteiger partial charge is 0.384 e. The first kappa shape index (κ1) is 30.2. The monoisotopic (exact) mass is 532 g/mol. The summed E-state index contributed by atoms with van der Waals surface area (Å²) >= 11 is 0. The van der Waals surface area contributed by atoms with Crippen molar-refractivity contribution in [2.45, 2.75) is 56.9 Å². The first-order valence-electron chi connectivity index (χ1n) is 9.44. The molecule has 1 saturated heterocycles. The Morgan fingerprint density at radius 3 is 1.81 bits per heavy atom. The van der Waals surface area contributed by atoms with Crippen LogP contribution in [-0.2, 0) is 36.7 Å². The van der Waals surface area contributed by atoms with E-state index >= 15 is 0 Å². The molecule has 15 nitrogen and oxygen atoms in total. The van der Waals surface area contributed by atoms with Gasteiger partial charge in [0.2, 0.25) is 0 Å². The Labute approximate surface area is 184 Å². The van der Waals surface area contributed by atoms with Crippen LogP contribution in [-0.4, -0.2) is 97.6 Å². The van der Waals surface area contributed by atoms with Crippen LogP contribution in [0, 0.1) is 0 Å². The molecule has 0 amide bonds. The number of hydrogen-bond acceptors (Lipinski definition) is 12. The summed E-state index contributed by atoms with van der Waals surface area (Å²) in [5.41, 5.74) is 0. The summed E-state index contributed by atoms with van der Waals surface area (Å²) in [6.07, 6.45) is -10.4. The van der Waals surface area contributed by atoms with E-state index < -0.39 is 78.6 Å². The van der Waals surface area contributed by atoms with Crippen LogP contribution in [0.1, 0.15) is 26.7 Å². The average Bonchev–Trinajstić information content (AvgIpc) is 2.70. The van der Waals surface area contributed by atoms with Gasteiger partial charge in [0.25, 0.3) is 0 Å². The maximum absolute atomic E-state index is 12.1. The normalized spacial score (nSPS) is 34.4. The van der Waals surface area contributed by atoms with Crippen LogP contribution in [0.25, 0.3) is 0 Å². The number of aliphatic hydroxyl groups excluding tert-OH is 3. The van der Waals surface area contributed by atoms with Crippen molar-refractivity contribution in [1.82, 2.24) is 0 Å². The molecule has 1 heterocycles. The van der Waals surface area contributed by atoms with Crippen LogP contribution in [0.4, 0.5) is 0 Å². The van der Waals surface area contributed by atoms with Crippen molar-refractivity contribution in [3.05, 3.63) is 0 Å². The van der Waals surface area contributed by atoms with E-state index in [1.807, 2.05) is 6.92 Å². The average molecular weight is 532 g/mol. The second-order valence-corrected chi connectivity index (χ2v) is 12.4. The quantitative estimate of drug-likeness (QED) is 0.110. The first-order valence-corrected chi connectivity index (χ1v) is 14.7. The maximum Gasteiger partial charge on any atom is 0.353 e. The van der Waals surface area contributed by atoms with Gasteiger partial charge in [-0.2, -0.15) is 0 Å². The van der Waals surface area contributed by atoms with E-state index in [9.17, 15) is 33.5 Å². The van der Waals surface area contributed by atoms with Gasteiger partial charge in [-0.25, -0.2) is 0 Å². The SMILES string of the molecule is CCCCOC[C@H]1O[C@](C)(O)[C@H](OP(=O)(O)CO)[C@@H](OP(=O)(O)CO)[C@H]1OP(=O)(O)CO. The van der Waals surface area contributed by atoms with Crippen molar-refractivity contribution in [1.29, 1.82) is 0 Å². The van der Waals surface area contributed by atoms with E-state index in [0.29, 0.717) is 6.42 Å². The lowest BCUT2D eigenvalue weighted by Crippen LogP contribution is -2.65. The van der Waals surface area contributed by atoms with Crippen molar-refractivity contribution in [2.75, 3.05) is 32.3 Å². The topological polar surface area (TPSA) is 239 Å². The Bertz CT molecular complexity index is 730. The molecule has 8 atom stereocenters. The second-order valence-electron chi connectivity index (χ2n) is 7.14. The third kappa shape index (κ3) is 9.10. The number of hydrogen-bond donors (Lipinski definition) is 7. The minimum absolute atomic E-state index is 0.207. The van der Waals surface area contributed by atoms with E-state index in [-0.39, 0.29) is 6.61 Å². The lowest BCUT2D eigenvalue weighted by molar-refractivity contribution is -0.332. The molecule has 0 aromatic carbocycles. The number of aliphatic hydroxyl groups is 4. The highest BCUT2D eigenvalue weighted by Crippen LogP contribution is 2.54. The van der Waals surface area contributed by atoms with Gasteiger partial charge in [-0.1, -0.05) is 13.3 Å². The van der Waals surface area contributed by atoms with Gasteiger partial charge in [0, 0.05) is 6.61 Å². The fourth-order valence-electron chi connectivity index (χ4n) is 2.76. The van der Waals surface area contributed by atoms with Crippen LogP contribution >= 0.6 is 22.8 Å². The zero-order valence-electron chi connectivity index (χ0n) is 17.5. The third-order valence-corrected chi connectivity index (χ3v) is 6.99. The molecular formula is C14H31O15P3. The number of rotatable bonds is 14. The lowest BCUT2D eigenvalue weighted by atomic mass is 9.93. The molecule has 0 aliphatic carbocycles. The Hall–Kier alpha value is 0.210. The standard InChI is InChI=1S/C14H31O15P3/c1-3-4-5-25-6-10-11(27-30(19,20)7-15)12(28-31(21,22)8-16)13(14(2,18)26-10)29-32(23,24)9-17/h10-13,15-18H,3-9H2,1-2H3,(H,19,20)(H,21,22)(H,23,24)/t10-,11+,12+,13-,14+/m1/s1. The zero-order valence-corrected chi connectivity index (χ0v) is 20.2. The summed E-state index contributed by atoms with van der Waals surface area (Å²) in [7, 11) is -14.5.